The summed E-state index contributed by atoms with van der Waals surface area (Å²) in [4.78, 5) is 21.0. The Bertz CT molecular complexity index is 394. The van der Waals surface area contributed by atoms with Gasteiger partial charge >= 0.3 is 5.97 Å². The molecule has 1 aromatic rings. The molecule has 0 fully saturated rings. The lowest BCUT2D eigenvalue weighted by Gasteiger charge is -2.25. The minimum atomic E-state index is -0.545. The van der Waals surface area contributed by atoms with Crippen molar-refractivity contribution in [2.45, 2.75) is 0 Å². The number of aromatic nitrogens is 2. The number of likely N-dealkylation sites (N-methyl/N-ethyl adjacent to an activating group) is 1. The molecule has 0 bridgehead atoms. The Kier molecular flexibility index (Phi) is 2.40. The van der Waals surface area contributed by atoms with Crippen molar-refractivity contribution < 1.29 is 14.3 Å². The zero-order valence-electron chi connectivity index (χ0n) is 8.56. The maximum absolute atomic E-state index is 11.2. The van der Waals surface area contributed by atoms with Gasteiger partial charge in [0, 0.05) is 7.05 Å². The van der Waals surface area contributed by atoms with E-state index < -0.39 is 5.97 Å². The van der Waals surface area contributed by atoms with E-state index in [0.29, 0.717) is 18.2 Å². The van der Waals surface area contributed by atoms with Crippen LogP contribution in [0.5, 0.6) is 5.75 Å². The van der Waals surface area contributed by atoms with Crippen molar-refractivity contribution in [1.29, 1.82) is 0 Å². The third-order valence-electron chi connectivity index (χ3n) is 2.15. The number of ether oxygens (including phenoxy) is 2. The van der Waals surface area contributed by atoms with Crippen LogP contribution < -0.4 is 9.64 Å². The molecule has 0 N–H and O–H groups in total. The van der Waals surface area contributed by atoms with Gasteiger partial charge in [0.15, 0.2) is 11.6 Å². The van der Waals surface area contributed by atoms with Gasteiger partial charge in [-0.1, -0.05) is 0 Å². The van der Waals surface area contributed by atoms with Gasteiger partial charge in [0.1, 0.15) is 6.61 Å². The Morgan fingerprint density at radius 3 is 3.20 bits per heavy atom. The highest BCUT2D eigenvalue weighted by Crippen LogP contribution is 2.26. The van der Waals surface area contributed by atoms with Crippen LogP contribution >= 0.6 is 0 Å². The summed E-state index contributed by atoms with van der Waals surface area (Å²) in [5, 5.41) is 0. The van der Waals surface area contributed by atoms with E-state index in [-0.39, 0.29) is 5.82 Å². The van der Waals surface area contributed by atoms with Crippen LogP contribution in [0.3, 0.4) is 0 Å². The Balaban J connectivity index is 2.39. The average Bonchev–Trinajstić information content (AvgIpc) is 2.28. The van der Waals surface area contributed by atoms with Gasteiger partial charge in [0.25, 0.3) is 0 Å². The smallest absolute Gasteiger partial charge is 0.376 e. The normalized spacial score (nSPS) is 14.1. The molecule has 2 rings (SSSR count). The molecule has 0 unspecified atom stereocenters. The van der Waals surface area contributed by atoms with Crippen LogP contribution in [0.1, 0.15) is 10.6 Å². The number of rotatable bonds is 1. The number of hydrogen-bond donors (Lipinski definition) is 0. The Morgan fingerprint density at radius 1 is 1.67 bits per heavy atom. The highest BCUT2D eigenvalue weighted by atomic mass is 16.5. The summed E-state index contributed by atoms with van der Waals surface area (Å²) < 4.78 is 9.88. The lowest BCUT2D eigenvalue weighted by molar-refractivity contribution is 0.0586. The lowest BCUT2D eigenvalue weighted by atomic mass is 10.4. The van der Waals surface area contributed by atoms with Crippen LogP contribution in [0.15, 0.2) is 6.20 Å². The first-order valence-electron chi connectivity index (χ1n) is 4.51. The van der Waals surface area contributed by atoms with Crippen molar-refractivity contribution in [3.63, 3.8) is 0 Å². The molecule has 0 saturated heterocycles. The minimum absolute atomic E-state index is 0.0496. The van der Waals surface area contributed by atoms with Crippen molar-refractivity contribution in [1.82, 2.24) is 9.97 Å². The highest BCUT2D eigenvalue weighted by Gasteiger charge is 2.20. The highest BCUT2D eigenvalue weighted by molar-refractivity contribution is 5.85. The fraction of sp³-hybridized carbons (Fsp3) is 0.444. The number of nitrogens with zero attached hydrogens (tertiary/aromatic N) is 3. The number of fused-ring (bicyclic) bond motifs is 1. The topological polar surface area (TPSA) is 64.5 Å². The number of hydrogen-bond acceptors (Lipinski definition) is 6. The fourth-order valence-corrected chi connectivity index (χ4v) is 1.33. The van der Waals surface area contributed by atoms with Crippen molar-refractivity contribution in [2.24, 2.45) is 0 Å². The van der Waals surface area contributed by atoms with E-state index in [2.05, 4.69) is 14.7 Å². The Morgan fingerprint density at radius 2 is 2.47 bits per heavy atom. The van der Waals surface area contributed by atoms with E-state index >= 15 is 0 Å². The molecule has 80 valence electrons. The molecule has 6 nitrogen and oxygen atoms in total. The summed E-state index contributed by atoms with van der Waals surface area (Å²) >= 11 is 0. The van der Waals surface area contributed by atoms with E-state index in [1.165, 1.54) is 13.3 Å². The fourth-order valence-electron chi connectivity index (χ4n) is 1.33. The molecule has 1 aliphatic heterocycles. The van der Waals surface area contributed by atoms with Gasteiger partial charge in [-0.25, -0.2) is 14.8 Å². The summed E-state index contributed by atoms with van der Waals surface area (Å²) in [6.45, 7) is 1.34. The number of carbonyl (C=O) groups excluding carboxylic acids is 1. The zero-order valence-corrected chi connectivity index (χ0v) is 8.56. The van der Waals surface area contributed by atoms with Gasteiger partial charge < -0.3 is 14.4 Å². The molecule has 15 heavy (non-hydrogen) atoms. The first-order valence-corrected chi connectivity index (χ1v) is 4.51. The Labute approximate surface area is 86.8 Å². The summed E-state index contributed by atoms with van der Waals surface area (Å²) in [7, 11) is 3.18. The van der Waals surface area contributed by atoms with E-state index in [9.17, 15) is 4.79 Å². The van der Waals surface area contributed by atoms with Crippen molar-refractivity contribution in [3.8, 4) is 5.75 Å². The first kappa shape index (κ1) is 9.70. The molecule has 1 aliphatic rings. The molecule has 6 heteroatoms. The zero-order chi connectivity index (χ0) is 10.8. The van der Waals surface area contributed by atoms with Crippen LogP contribution in [-0.2, 0) is 4.74 Å². The molecule has 2 heterocycles. The van der Waals surface area contributed by atoms with Crippen molar-refractivity contribution in [3.05, 3.63) is 12.0 Å². The molecule has 0 amide bonds. The van der Waals surface area contributed by atoms with Crippen LogP contribution in [0, 0.1) is 0 Å². The number of anilines is 1. The predicted octanol–water partition coefficient (Wildman–Crippen LogP) is 0.0918. The van der Waals surface area contributed by atoms with E-state index in [0.717, 1.165) is 6.54 Å². The molecule has 1 aromatic heterocycles. The first-order chi connectivity index (χ1) is 7.22. The van der Waals surface area contributed by atoms with Gasteiger partial charge in [-0.3, -0.25) is 0 Å². The second kappa shape index (κ2) is 3.72. The van der Waals surface area contributed by atoms with Crippen LogP contribution in [0.2, 0.25) is 0 Å². The predicted molar refractivity (Wildman–Crippen MR) is 52.1 cm³/mol. The molecule has 0 aliphatic carbocycles. The SMILES string of the molecule is COC(=O)c1ncc2c(n1)N(C)CCO2. The maximum Gasteiger partial charge on any atom is 0.376 e. The molecule has 0 spiro atoms. The molecular formula is C9H11N3O3. The summed E-state index contributed by atoms with van der Waals surface area (Å²) in [6.07, 6.45) is 1.49. The van der Waals surface area contributed by atoms with Crippen LogP contribution in [-0.4, -0.2) is 43.2 Å². The van der Waals surface area contributed by atoms with Gasteiger partial charge in [0.05, 0.1) is 19.9 Å². The molecule has 0 radical (unpaired) electrons. The Hall–Kier alpha value is -1.85. The number of esters is 1. The van der Waals surface area contributed by atoms with E-state index in [4.69, 9.17) is 4.74 Å². The maximum atomic E-state index is 11.2. The second-order valence-electron chi connectivity index (χ2n) is 3.14. The van der Waals surface area contributed by atoms with E-state index in [1.807, 2.05) is 11.9 Å². The van der Waals surface area contributed by atoms with Crippen molar-refractivity contribution in [2.75, 3.05) is 32.2 Å². The van der Waals surface area contributed by atoms with Gasteiger partial charge in [-0.15, -0.1) is 0 Å². The number of methoxy groups -OCH3 is 1. The molecular weight excluding hydrogens is 198 g/mol. The third-order valence-corrected chi connectivity index (χ3v) is 2.15. The summed E-state index contributed by atoms with van der Waals surface area (Å²) in [5.74, 6) is 0.721. The second-order valence-corrected chi connectivity index (χ2v) is 3.14. The largest absolute Gasteiger partial charge is 0.486 e. The summed E-state index contributed by atoms with van der Waals surface area (Å²) in [6, 6.07) is 0. The number of carbonyl (C=O) groups is 1. The molecule has 0 saturated carbocycles. The molecule has 0 aromatic carbocycles. The van der Waals surface area contributed by atoms with Crippen LogP contribution in [0.4, 0.5) is 5.82 Å². The van der Waals surface area contributed by atoms with Gasteiger partial charge in [-0.2, -0.15) is 0 Å². The quantitative estimate of drug-likeness (QED) is 0.611. The lowest BCUT2D eigenvalue weighted by Crippen LogP contribution is -2.30. The standard InChI is InChI=1S/C9H11N3O3/c1-12-3-4-15-6-5-10-7(9(13)14-2)11-8(6)12/h5H,3-4H2,1-2H3. The van der Waals surface area contributed by atoms with Gasteiger partial charge in [0.2, 0.25) is 5.82 Å². The van der Waals surface area contributed by atoms with Crippen LogP contribution in [0.25, 0.3) is 0 Å². The minimum Gasteiger partial charge on any atom is -0.486 e. The van der Waals surface area contributed by atoms with Gasteiger partial charge in [-0.05, 0) is 0 Å². The van der Waals surface area contributed by atoms with Crippen molar-refractivity contribution >= 4 is 11.8 Å². The molecule has 0 atom stereocenters. The average molecular weight is 209 g/mol. The third kappa shape index (κ3) is 1.70. The summed E-state index contributed by atoms with van der Waals surface area (Å²) in [5.41, 5.74) is 0. The van der Waals surface area contributed by atoms with E-state index in [1.54, 1.807) is 0 Å². The monoisotopic (exact) mass is 209 g/mol.